The zero-order valence-corrected chi connectivity index (χ0v) is 11.2. The number of ether oxygens (including phenoxy) is 1. The van der Waals surface area contributed by atoms with E-state index in [1.54, 1.807) is 12.1 Å². The van der Waals surface area contributed by atoms with Gasteiger partial charge in [0.05, 0.1) is 12.7 Å². The van der Waals surface area contributed by atoms with Crippen molar-refractivity contribution in [2.45, 2.75) is 18.8 Å². The molecule has 1 N–H and O–H groups in total. The lowest BCUT2D eigenvalue weighted by atomic mass is 9.99. The van der Waals surface area contributed by atoms with Crippen LogP contribution in [0, 0.1) is 5.82 Å². The van der Waals surface area contributed by atoms with Crippen molar-refractivity contribution in [3.63, 3.8) is 0 Å². The van der Waals surface area contributed by atoms with Crippen LogP contribution in [0.4, 0.5) is 4.39 Å². The zero-order valence-electron chi connectivity index (χ0n) is 11.2. The normalized spacial score (nSPS) is 19.0. The van der Waals surface area contributed by atoms with E-state index in [1.807, 2.05) is 0 Å². The van der Waals surface area contributed by atoms with Crippen LogP contribution >= 0.6 is 0 Å². The second kappa shape index (κ2) is 5.58. The largest absolute Gasteiger partial charge is 0.497 e. The van der Waals surface area contributed by atoms with Crippen LogP contribution in [0.3, 0.4) is 0 Å². The Hall–Kier alpha value is -1.95. The quantitative estimate of drug-likeness (QED) is 0.933. The monoisotopic (exact) mass is 277 g/mol. The molecule has 0 spiro atoms. The average molecular weight is 277 g/mol. The van der Waals surface area contributed by atoms with Crippen molar-refractivity contribution < 1.29 is 13.7 Å². The molecule has 2 aromatic rings. The van der Waals surface area contributed by atoms with E-state index in [0.29, 0.717) is 17.1 Å². The van der Waals surface area contributed by atoms with E-state index in [1.165, 1.54) is 13.2 Å². The predicted molar refractivity (Wildman–Crippen MR) is 71.1 cm³/mol. The number of methoxy groups -OCH3 is 1. The van der Waals surface area contributed by atoms with Gasteiger partial charge in [0.1, 0.15) is 11.6 Å². The molecule has 20 heavy (non-hydrogen) atoms. The maximum absolute atomic E-state index is 14.0. The first-order valence-corrected chi connectivity index (χ1v) is 6.66. The number of benzene rings is 1. The van der Waals surface area contributed by atoms with Gasteiger partial charge in [0, 0.05) is 18.5 Å². The number of halogens is 1. The highest BCUT2D eigenvalue weighted by atomic mass is 19.1. The Bertz CT molecular complexity index is 594. The van der Waals surface area contributed by atoms with Crippen LogP contribution in [0.1, 0.15) is 24.6 Å². The molecule has 6 heteroatoms. The fraction of sp³-hybridized carbons (Fsp3) is 0.429. The molecule has 1 aliphatic heterocycles. The molecule has 0 radical (unpaired) electrons. The van der Waals surface area contributed by atoms with Crippen LogP contribution in [0.5, 0.6) is 5.75 Å². The third kappa shape index (κ3) is 2.51. The summed E-state index contributed by atoms with van der Waals surface area (Å²) < 4.78 is 24.1. The van der Waals surface area contributed by atoms with Gasteiger partial charge < -0.3 is 14.6 Å². The number of nitrogens with one attached hydrogen (secondary N) is 1. The fourth-order valence-corrected chi connectivity index (χ4v) is 2.38. The Balaban J connectivity index is 1.85. The highest BCUT2D eigenvalue weighted by molar-refractivity contribution is 5.55. The minimum absolute atomic E-state index is 0.214. The molecule has 106 valence electrons. The second-order valence-corrected chi connectivity index (χ2v) is 4.85. The summed E-state index contributed by atoms with van der Waals surface area (Å²) in [6.07, 6.45) is 2.11. The summed E-state index contributed by atoms with van der Waals surface area (Å²) in [7, 11) is 1.50. The van der Waals surface area contributed by atoms with Gasteiger partial charge in [0.15, 0.2) is 5.82 Å². The molecule has 1 saturated heterocycles. The molecule has 0 bridgehead atoms. The fourth-order valence-electron chi connectivity index (χ4n) is 2.38. The lowest BCUT2D eigenvalue weighted by Crippen LogP contribution is -2.28. The molecule has 1 atom stereocenters. The van der Waals surface area contributed by atoms with E-state index in [4.69, 9.17) is 9.26 Å². The molecule has 3 rings (SSSR count). The van der Waals surface area contributed by atoms with Gasteiger partial charge in [0.2, 0.25) is 0 Å². The van der Waals surface area contributed by atoms with E-state index in [0.717, 1.165) is 25.9 Å². The molecule has 1 fully saturated rings. The van der Waals surface area contributed by atoms with Crippen molar-refractivity contribution in [1.82, 2.24) is 15.5 Å². The summed E-state index contributed by atoms with van der Waals surface area (Å²) in [5.41, 5.74) is 0.299. The standard InChI is InChI=1S/C14H16FN3O2/c1-19-10-4-5-11(12(15)7-10)14-17-13(18-20-14)9-3-2-6-16-8-9/h4-5,7,9,16H,2-3,6,8H2,1H3. The smallest absolute Gasteiger partial charge is 0.260 e. The van der Waals surface area contributed by atoms with Gasteiger partial charge >= 0.3 is 0 Å². The maximum Gasteiger partial charge on any atom is 0.260 e. The second-order valence-electron chi connectivity index (χ2n) is 4.85. The summed E-state index contributed by atoms with van der Waals surface area (Å²) in [5, 5.41) is 7.27. The Morgan fingerprint density at radius 3 is 3.05 bits per heavy atom. The number of aromatic nitrogens is 2. The summed E-state index contributed by atoms with van der Waals surface area (Å²) in [5.74, 6) is 1.12. The van der Waals surface area contributed by atoms with E-state index < -0.39 is 5.82 Å². The summed E-state index contributed by atoms with van der Waals surface area (Å²) >= 11 is 0. The maximum atomic E-state index is 14.0. The highest BCUT2D eigenvalue weighted by Crippen LogP contribution is 2.27. The van der Waals surface area contributed by atoms with Crippen molar-refractivity contribution in [3.8, 4) is 17.2 Å². The van der Waals surface area contributed by atoms with Crippen molar-refractivity contribution in [3.05, 3.63) is 29.8 Å². The first-order valence-electron chi connectivity index (χ1n) is 6.66. The molecule has 0 saturated carbocycles. The van der Waals surface area contributed by atoms with Gasteiger partial charge in [-0.05, 0) is 31.5 Å². The molecule has 0 aliphatic carbocycles. The molecular formula is C14H16FN3O2. The van der Waals surface area contributed by atoms with Gasteiger partial charge in [-0.2, -0.15) is 4.98 Å². The lowest BCUT2D eigenvalue weighted by Gasteiger charge is -2.19. The highest BCUT2D eigenvalue weighted by Gasteiger charge is 2.22. The summed E-state index contributed by atoms with van der Waals surface area (Å²) in [4.78, 5) is 4.32. The molecule has 2 heterocycles. The first kappa shape index (κ1) is 13.1. The minimum Gasteiger partial charge on any atom is -0.497 e. The first-order chi connectivity index (χ1) is 9.78. The summed E-state index contributed by atoms with van der Waals surface area (Å²) in [6.45, 7) is 1.86. The molecular weight excluding hydrogens is 261 g/mol. The molecule has 5 nitrogen and oxygen atoms in total. The Morgan fingerprint density at radius 1 is 1.45 bits per heavy atom. The van der Waals surface area contributed by atoms with Crippen LogP contribution in [-0.4, -0.2) is 30.3 Å². The van der Waals surface area contributed by atoms with E-state index in [9.17, 15) is 4.39 Å². The number of hydrogen-bond acceptors (Lipinski definition) is 5. The predicted octanol–water partition coefficient (Wildman–Crippen LogP) is 2.35. The number of piperidine rings is 1. The van der Waals surface area contributed by atoms with Gasteiger partial charge in [0.25, 0.3) is 5.89 Å². The van der Waals surface area contributed by atoms with Crippen LogP contribution in [0.2, 0.25) is 0 Å². The molecule has 1 aromatic heterocycles. The van der Waals surface area contributed by atoms with Crippen molar-refractivity contribution in [2.24, 2.45) is 0 Å². The van der Waals surface area contributed by atoms with Gasteiger partial charge in [-0.3, -0.25) is 0 Å². The Kier molecular flexibility index (Phi) is 3.64. The van der Waals surface area contributed by atoms with Crippen molar-refractivity contribution in [1.29, 1.82) is 0 Å². The van der Waals surface area contributed by atoms with Crippen LogP contribution in [0.25, 0.3) is 11.5 Å². The van der Waals surface area contributed by atoms with Crippen LogP contribution in [-0.2, 0) is 0 Å². The Morgan fingerprint density at radius 2 is 2.35 bits per heavy atom. The SMILES string of the molecule is COc1ccc(-c2nc(C3CCCNC3)no2)c(F)c1. The summed E-state index contributed by atoms with van der Waals surface area (Å²) in [6, 6.07) is 4.57. The van der Waals surface area contributed by atoms with Gasteiger partial charge in [-0.25, -0.2) is 4.39 Å². The molecule has 1 aromatic carbocycles. The van der Waals surface area contributed by atoms with Crippen LogP contribution in [0.15, 0.2) is 22.7 Å². The van der Waals surface area contributed by atoms with Crippen molar-refractivity contribution >= 4 is 0 Å². The number of rotatable bonds is 3. The Labute approximate surface area is 116 Å². The minimum atomic E-state index is -0.429. The van der Waals surface area contributed by atoms with Gasteiger partial charge in [-0.15, -0.1) is 0 Å². The molecule has 0 amide bonds. The lowest BCUT2D eigenvalue weighted by molar-refractivity contribution is 0.391. The third-order valence-electron chi connectivity index (χ3n) is 3.51. The molecule has 1 unspecified atom stereocenters. The topological polar surface area (TPSA) is 60.2 Å². The van der Waals surface area contributed by atoms with Crippen LogP contribution < -0.4 is 10.1 Å². The van der Waals surface area contributed by atoms with E-state index in [2.05, 4.69) is 15.5 Å². The zero-order chi connectivity index (χ0) is 13.9. The third-order valence-corrected chi connectivity index (χ3v) is 3.51. The van der Waals surface area contributed by atoms with Gasteiger partial charge in [-0.1, -0.05) is 5.16 Å². The van der Waals surface area contributed by atoms with E-state index >= 15 is 0 Å². The molecule has 1 aliphatic rings. The van der Waals surface area contributed by atoms with Crippen molar-refractivity contribution in [2.75, 3.05) is 20.2 Å². The number of nitrogens with zero attached hydrogens (tertiary/aromatic N) is 2. The average Bonchev–Trinajstić information content (AvgIpc) is 2.97. The van der Waals surface area contributed by atoms with E-state index in [-0.39, 0.29) is 11.8 Å². The number of hydrogen-bond donors (Lipinski definition) is 1.